The Balaban J connectivity index is 0.000000259. The van der Waals surface area contributed by atoms with Gasteiger partial charge in [-0.2, -0.15) is 0 Å². The first-order valence-electron chi connectivity index (χ1n) is 14.6. The molecular formula is C33H37Cl3N2O6. The summed E-state index contributed by atoms with van der Waals surface area (Å²) in [5.74, 6) is -1.39. The first-order chi connectivity index (χ1) is 21.1. The Morgan fingerprint density at radius 3 is 2.23 bits per heavy atom. The third-order valence-electron chi connectivity index (χ3n) is 7.19. The molecule has 1 heterocycles. The molecule has 3 amide bonds. The van der Waals surface area contributed by atoms with E-state index in [4.69, 9.17) is 44.3 Å². The Morgan fingerprint density at radius 1 is 1.00 bits per heavy atom. The van der Waals surface area contributed by atoms with Gasteiger partial charge in [-0.3, -0.25) is 19.3 Å². The number of carbonyl (C=O) groups excluding carboxylic acids is 4. The van der Waals surface area contributed by atoms with E-state index in [1.165, 1.54) is 11.0 Å². The highest BCUT2D eigenvalue weighted by atomic mass is 35.5. The van der Waals surface area contributed by atoms with Gasteiger partial charge in [0.1, 0.15) is 17.6 Å². The number of ether oxygens (including phenoxy) is 2. The number of para-hydroxylation sites is 1. The molecule has 0 saturated heterocycles. The molecule has 0 radical (unpaired) electrons. The zero-order chi connectivity index (χ0) is 32.4. The van der Waals surface area contributed by atoms with Gasteiger partial charge >= 0.3 is 5.97 Å². The number of hydrogen-bond donors (Lipinski definition) is 0. The van der Waals surface area contributed by atoms with Gasteiger partial charge in [0, 0.05) is 22.8 Å². The molecule has 0 aromatic heterocycles. The summed E-state index contributed by atoms with van der Waals surface area (Å²) in [5.41, 5.74) is 5.17. The molecule has 44 heavy (non-hydrogen) atoms. The molecule has 0 bridgehead atoms. The first-order valence-corrected chi connectivity index (χ1v) is 15.9. The van der Waals surface area contributed by atoms with Gasteiger partial charge in [0.15, 0.2) is 0 Å². The van der Waals surface area contributed by atoms with E-state index in [9.17, 15) is 19.2 Å². The van der Waals surface area contributed by atoms with E-state index in [0.29, 0.717) is 46.9 Å². The second-order valence-electron chi connectivity index (χ2n) is 10.0. The predicted molar refractivity (Wildman–Crippen MR) is 175 cm³/mol. The van der Waals surface area contributed by atoms with Gasteiger partial charge in [-0.1, -0.05) is 48.3 Å². The molecule has 2 aliphatic rings. The maximum Gasteiger partial charge on any atom is 0.349 e. The van der Waals surface area contributed by atoms with E-state index in [2.05, 4.69) is 6.92 Å². The molecule has 2 aromatic rings. The average Bonchev–Trinajstić information content (AvgIpc) is 3.28. The van der Waals surface area contributed by atoms with Crippen LogP contribution >= 0.6 is 34.8 Å². The van der Waals surface area contributed by atoms with Gasteiger partial charge in [0.25, 0.3) is 11.8 Å². The molecule has 236 valence electrons. The van der Waals surface area contributed by atoms with Crippen LogP contribution in [0.1, 0.15) is 63.1 Å². The van der Waals surface area contributed by atoms with Crippen LogP contribution in [0, 0.1) is 6.92 Å². The van der Waals surface area contributed by atoms with Gasteiger partial charge in [0.2, 0.25) is 5.91 Å². The van der Waals surface area contributed by atoms with E-state index in [-0.39, 0.29) is 42.0 Å². The summed E-state index contributed by atoms with van der Waals surface area (Å²) in [6.45, 7) is 8.66. The highest BCUT2D eigenvalue weighted by Crippen LogP contribution is 2.37. The molecule has 8 nitrogen and oxygen atoms in total. The lowest BCUT2D eigenvalue weighted by Gasteiger charge is -2.25. The van der Waals surface area contributed by atoms with Crippen LogP contribution < -0.4 is 9.80 Å². The number of carbonyl (C=O) groups is 4. The topological polar surface area (TPSA) is 93.2 Å². The van der Waals surface area contributed by atoms with Crippen molar-refractivity contribution in [2.75, 3.05) is 35.6 Å². The largest absolute Gasteiger partial charge is 0.462 e. The van der Waals surface area contributed by atoms with Crippen molar-refractivity contribution in [1.29, 1.82) is 0 Å². The number of aryl methyl sites for hydroxylation is 2. The van der Waals surface area contributed by atoms with Crippen LogP contribution in [0.25, 0.3) is 6.08 Å². The Hall–Kier alpha value is -3.17. The van der Waals surface area contributed by atoms with E-state index in [1.54, 1.807) is 30.0 Å². The number of anilines is 2. The first kappa shape index (κ1) is 35.3. The van der Waals surface area contributed by atoms with Crippen LogP contribution in [0.4, 0.5) is 11.4 Å². The quantitative estimate of drug-likeness (QED) is 0.0868. The number of alkyl halides is 1. The van der Waals surface area contributed by atoms with Crippen LogP contribution in [-0.4, -0.2) is 49.5 Å². The zero-order valence-electron chi connectivity index (χ0n) is 25.4. The maximum atomic E-state index is 12.7. The number of nitrogens with zero attached hydrogens (tertiary/aromatic N) is 2. The standard InChI is InChI=1S/C19H17Cl2NO4.C14H20ClNO2/c1-2-26-19(25)16(21)10-11-9-12(7-8-15(11)20)22-17(23)13-5-3-4-6-14(13)18(22)24;1-4-12-8-6-7-11(3)14(12)16(10-18-5-2)13(17)9-15/h7-10H,2-6H2,1H3;6-8H,4-5,9-10H2,1-3H3/b16-10-;. The molecule has 0 unspecified atom stereocenters. The number of halogens is 3. The Morgan fingerprint density at radius 2 is 1.66 bits per heavy atom. The number of amides is 3. The molecule has 0 N–H and O–H groups in total. The van der Waals surface area contributed by atoms with Crippen LogP contribution in [-0.2, 0) is 35.1 Å². The van der Waals surface area contributed by atoms with E-state index in [1.807, 2.05) is 32.0 Å². The summed E-state index contributed by atoms with van der Waals surface area (Å²) in [6.07, 6.45) is 5.32. The van der Waals surface area contributed by atoms with Crippen molar-refractivity contribution in [3.63, 3.8) is 0 Å². The monoisotopic (exact) mass is 662 g/mol. The molecule has 11 heteroatoms. The lowest BCUT2D eigenvalue weighted by Crippen LogP contribution is -2.35. The number of imide groups is 1. The minimum absolute atomic E-state index is 0.0371. The minimum Gasteiger partial charge on any atom is -0.462 e. The highest BCUT2D eigenvalue weighted by Gasteiger charge is 2.39. The lowest BCUT2D eigenvalue weighted by molar-refractivity contribution is -0.137. The molecule has 1 aliphatic heterocycles. The average molecular weight is 664 g/mol. The van der Waals surface area contributed by atoms with Crippen molar-refractivity contribution in [3.05, 3.63) is 74.3 Å². The van der Waals surface area contributed by atoms with Crippen molar-refractivity contribution < 1.29 is 28.7 Å². The number of esters is 1. The van der Waals surface area contributed by atoms with Crippen molar-refractivity contribution in [2.45, 2.75) is 59.8 Å². The molecule has 0 fully saturated rings. The Labute approximate surface area is 273 Å². The fourth-order valence-electron chi connectivity index (χ4n) is 5.06. The summed E-state index contributed by atoms with van der Waals surface area (Å²) >= 11 is 17.8. The normalized spacial score (nSPS) is 14.7. The fourth-order valence-corrected chi connectivity index (χ4v) is 5.55. The van der Waals surface area contributed by atoms with Gasteiger partial charge in [-0.25, -0.2) is 9.69 Å². The molecule has 1 aliphatic carbocycles. The second kappa shape index (κ2) is 16.8. The van der Waals surface area contributed by atoms with Crippen LogP contribution in [0.2, 0.25) is 5.02 Å². The molecule has 2 aromatic carbocycles. The molecule has 0 saturated carbocycles. The third-order valence-corrected chi connectivity index (χ3v) is 8.03. The Kier molecular flexibility index (Phi) is 13.5. The van der Waals surface area contributed by atoms with Gasteiger partial charge < -0.3 is 9.47 Å². The number of rotatable bonds is 10. The minimum atomic E-state index is -0.666. The van der Waals surface area contributed by atoms with E-state index < -0.39 is 5.97 Å². The highest BCUT2D eigenvalue weighted by molar-refractivity contribution is 6.43. The van der Waals surface area contributed by atoms with Crippen molar-refractivity contribution in [3.8, 4) is 0 Å². The summed E-state index contributed by atoms with van der Waals surface area (Å²) in [7, 11) is 0. The molecule has 0 atom stereocenters. The number of benzene rings is 2. The van der Waals surface area contributed by atoms with Gasteiger partial charge in [-0.15, -0.1) is 11.6 Å². The van der Waals surface area contributed by atoms with Crippen molar-refractivity contribution in [2.24, 2.45) is 0 Å². The SMILES string of the molecule is CCOC(=O)/C(Cl)=C/c1cc(N2C(=O)C3=C(CCCC3)C2=O)ccc1Cl.CCOCN(C(=O)CCl)c1c(C)cccc1CC. The molecule has 4 rings (SSSR count). The van der Waals surface area contributed by atoms with Crippen LogP contribution in [0.15, 0.2) is 52.6 Å². The van der Waals surface area contributed by atoms with Crippen LogP contribution in [0.5, 0.6) is 0 Å². The van der Waals surface area contributed by atoms with Crippen molar-refractivity contribution >= 4 is 75.9 Å². The van der Waals surface area contributed by atoms with Crippen molar-refractivity contribution in [1.82, 2.24) is 0 Å². The van der Waals surface area contributed by atoms with E-state index >= 15 is 0 Å². The summed E-state index contributed by atoms with van der Waals surface area (Å²) in [4.78, 5) is 51.8. The summed E-state index contributed by atoms with van der Waals surface area (Å²) in [5, 5.41) is 0.204. The van der Waals surface area contributed by atoms with E-state index in [0.717, 1.165) is 36.1 Å². The smallest absolute Gasteiger partial charge is 0.349 e. The lowest BCUT2D eigenvalue weighted by atomic mass is 9.93. The van der Waals surface area contributed by atoms with Crippen LogP contribution in [0.3, 0.4) is 0 Å². The second-order valence-corrected chi connectivity index (χ2v) is 11.1. The zero-order valence-corrected chi connectivity index (χ0v) is 27.7. The summed E-state index contributed by atoms with van der Waals surface area (Å²) < 4.78 is 10.2. The molecule has 0 spiro atoms. The maximum absolute atomic E-state index is 12.7. The van der Waals surface area contributed by atoms with Gasteiger partial charge in [0.05, 0.1) is 18.0 Å². The third kappa shape index (κ3) is 8.30. The fraction of sp³-hybridized carbons (Fsp3) is 0.394. The molecular weight excluding hydrogens is 627 g/mol. The number of hydrogen-bond acceptors (Lipinski definition) is 6. The predicted octanol–water partition coefficient (Wildman–Crippen LogP) is 7.35. The Bertz CT molecular complexity index is 1440. The van der Waals surface area contributed by atoms with Gasteiger partial charge in [-0.05, 0) is 93.8 Å². The summed E-state index contributed by atoms with van der Waals surface area (Å²) in [6, 6.07) is 10.8.